The van der Waals surface area contributed by atoms with E-state index in [2.05, 4.69) is 25.9 Å². The van der Waals surface area contributed by atoms with E-state index in [1.807, 2.05) is 23.6 Å². The van der Waals surface area contributed by atoms with Gasteiger partial charge in [-0.2, -0.15) is 0 Å². The number of furan rings is 1. The first-order chi connectivity index (χ1) is 11.2. The van der Waals surface area contributed by atoms with Crippen LogP contribution in [0.4, 0.5) is 0 Å². The third-order valence-corrected chi connectivity index (χ3v) is 4.12. The highest BCUT2D eigenvalue weighted by molar-refractivity contribution is 9.10. The minimum atomic E-state index is -0.454. The zero-order valence-corrected chi connectivity index (χ0v) is 14.2. The molecule has 0 spiro atoms. The molecule has 0 aliphatic rings. The van der Waals surface area contributed by atoms with Crippen LogP contribution in [-0.4, -0.2) is 15.9 Å². The molecule has 3 aromatic rings. The maximum absolute atomic E-state index is 11.7. The van der Waals surface area contributed by atoms with Gasteiger partial charge in [0.2, 0.25) is 0 Å². The number of halogens is 1. The fourth-order valence-electron chi connectivity index (χ4n) is 1.74. The Morgan fingerprint density at radius 3 is 3.00 bits per heavy atom. The second-order valence-corrected chi connectivity index (χ2v) is 6.08. The van der Waals surface area contributed by atoms with Gasteiger partial charge in [-0.25, -0.2) is 9.78 Å². The van der Waals surface area contributed by atoms with Gasteiger partial charge in [0.15, 0.2) is 4.67 Å². The van der Waals surface area contributed by atoms with Crippen LogP contribution in [0.3, 0.4) is 0 Å². The van der Waals surface area contributed by atoms with Gasteiger partial charge >= 0.3 is 5.97 Å². The predicted octanol–water partition coefficient (Wildman–Crippen LogP) is 4.32. The number of nitrogens with zero attached hydrogens (tertiary/aromatic N) is 2. The average molecular weight is 391 g/mol. The predicted molar refractivity (Wildman–Crippen MR) is 90.6 cm³/mol. The van der Waals surface area contributed by atoms with Gasteiger partial charge in [-0.05, 0) is 46.3 Å². The van der Waals surface area contributed by atoms with E-state index >= 15 is 0 Å². The first kappa shape index (κ1) is 15.6. The Bertz CT molecular complexity index is 827. The number of rotatable bonds is 5. The molecule has 0 aromatic carbocycles. The molecule has 116 valence electrons. The Labute approximate surface area is 144 Å². The van der Waals surface area contributed by atoms with Crippen LogP contribution in [0.25, 0.3) is 16.8 Å². The Morgan fingerprint density at radius 2 is 2.26 bits per heavy atom. The van der Waals surface area contributed by atoms with E-state index in [1.165, 1.54) is 17.4 Å². The first-order valence-corrected chi connectivity index (χ1v) is 8.34. The monoisotopic (exact) mass is 390 g/mol. The highest BCUT2D eigenvalue weighted by Gasteiger charge is 2.07. The molecule has 0 fully saturated rings. The molecule has 0 amide bonds. The van der Waals surface area contributed by atoms with Crippen molar-refractivity contribution < 1.29 is 13.9 Å². The number of esters is 1. The molecule has 0 N–H and O–H groups in total. The van der Waals surface area contributed by atoms with Crippen molar-refractivity contribution in [3.05, 3.63) is 64.1 Å². The normalized spacial score (nSPS) is 11.0. The summed E-state index contributed by atoms with van der Waals surface area (Å²) >= 11 is 4.66. The molecule has 5 nitrogen and oxygen atoms in total. The van der Waals surface area contributed by atoms with E-state index in [1.54, 1.807) is 24.4 Å². The highest BCUT2D eigenvalue weighted by atomic mass is 79.9. The van der Waals surface area contributed by atoms with Crippen molar-refractivity contribution in [2.24, 2.45) is 0 Å². The number of carbonyl (C=O) groups is 1. The van der Waals surface area contributed by atoms with E-state index in [-0.39, 0.29) is 6.61 Å². The molecule has 3 heterocycles. The summed E-state index contributed by atoms with van der Waals surface area (Å²) in [7, 11) is 0. The third kappa shape index (κ3) is 4.37. The first-order valence-electron chi connectivity index (χ1n) is 6.67. The molecular weight excluding hydrogens is 380 g/mol. The Morgan fingerprint density at radius 1 is 1.35 bits per heavy atom. The van der Waals surface area contributed by atoms with Crippen molar-refractivity contribution in [3.8, 4) is 10.7 Å². The topological polar surface area (TPSA) is 65.2 Å². The van der Waals surface area contributed by atoms with Gasteiger partial charge in [-0.1, -0.05) is 6.07 Å². The van der Waals surface area contributed by atoms with Crippen LogP contribution in [0.5, 0.6) is 0 Å². The number of carbonyl (C=O) groups excluding carboxylic acids is 1. The van der Waals surface area contributed by atoms with Gasteiger partial charge in [-0.15, -0.1) is 11.3 Å². The Balaban J connectivity index is 1.55. The van der Waals surface area contributed by atoms with E-state index in [0.29, 0.717) is 16.1 Å². The number of aromatic nitrogens is 2. The van der Waals surface area contributed by atoms with Gasteiger partial charge < -0.3 is 9.15 Å². The molecule has 0 saturated carbocycles. The fraction of sp³-hybridized carbons (Fsp3) is 0.0625. The van der Waals surface area contributed by atoms with Crippen molar-refractivity contribution in [3.63, 3.8) is 0 Å². The lowest BCUT2D eigenvalue weighted by Crippen LogP contribution is -2.00. The molecule has 0 bridgehead atoms. The SMILES string of the molecule is O=C(/C=C/c1ccc(Br)o1)OCc1csc(-c2ccccn2)n1. The lowest BCUT2D eigenvalue weighted by atomic mass is 10.4. The lowest BCUT2D eigenvalue weighted by Gasteiger charge is -1.98. The summed E-state index contributed by atoms with van der Waals surface area (Å²) in [6.45, 7) is 0.119. The van der Waals surface area contributed by atoms with Crippen LogP contribution in [0.1, 0.15) is 11.5 Å². The van der Waals surface area contributed by atoms with E-state index < -0.39 is 5.97 Å². The van der Waals surface area contributed by atoms with Crippen molar-refractivity contribution in [1.82, 2.24) is 9.97 Å². The maximum Gasteiger partial charge on any atom is 0.331 e. The van der Waals surface area contributed by atoms with Crippen molar-refractivity contribution in [2.75, 3.05) is 0 Å². The Kier molecular flexibility index (Phi) is 4.99. The van der Waals surface area contributed by atoms with Crippen molar-refractivity contribution >= 4 is 39.3 Å². The molecule has 0 atom stereocenters. The number of pyridine rings is 1. The summed E-state index contributed by atoms with van der Waals surface area (Å²) in [6, 6.07) is 9.14. The molecule has 0 saturated heterocycles. The fourth-order valence-corrected chi connectivity index (χ4v) is 2.84. The van der Waals surface area contributed by atoms with Gasteiger partial charge in [0, 0.05) is 17.7 Å². The van der Waals surface area contributed by atoms with Crippen molar-refractivity contribution in [1.29, 1.82) is 0 Å². The molecule has 0 radical (unpaired) electrons. The zero-order valence-electron chi connectivity index (χ0n) is 11.8. The summed E-state index contributed by atoms with van der Waals surface area (Å²) in [5.41, 5.74) is 1.50. The quantitative estimate of drug-likeness (QED) is 0.479. The minimum absolute atomic E-state index is 0.119. The van der Waals surface area contributed by atoms with Gasteiger partial charge in [0.25, 0.3) is 0 Å². The summed E-state index contributed by atoms with van der Waals surface area (Å²) in [4.78, 5) is 20.3. The molecule has 3 aromatic heterocycles. The van der Waals surface area contributed by atoms with Crippen LogP contribution < -0.4 is 0 Å². The zero-order chi connectivity index (χ0) is 16.1. The molecule has 0 aliphatic heterocycles. The highest BCUT2D eigenvalue weighted by Crippen LogP contribution is 2.21. The van der Waals surface area contributed by atoms with E-state index in [4.69, 9.17) is 9.15 Å². The van der Waals surface area contributed by atoms with Crippen LogP contribution in [-0.2, 0) is 16.1 Å². The van der Waals surface area contributed by atoms with Crippen LogP contribution >= 0.6 is 27.3 Å². The molecule has 7 heteroatoms. The minimum Gasteiger partial charge on any atom is -0.456 e. The standard InChI is InChI=1S/C16H11BrN2O3S/c17-14-6-4-12(22-14)5-7-15(20)21-9-11-10-23-16(19-11)13-3-1-2-8-18-13/h1-8,10H,9H2/b7-5+. The maximum atomic E-state index is 11.7. The smallest absolute Gasteiger partial charge is 0.331 e. The molecule has 23 heavy (non-hydrogen) atoms. The molecule has 3 rings (SSSR count). The molecule has 0 aliphatic carbocycles. The number of hydrogen-bond donors (Lipinski definition) is 0. The van der Waals surface area contributed by atoms with Gasteiger partial charge in [-0.3, -0.25) is 4.98 Å². The lowest BCUT2D eigenvalue weighted by molar-refractivity contribution is -0.139. The summed E-state index contributed by atoms with van der Waals surface area (Å²) in [6.07, 6.45) is 4.58. The largest absolute Gasteiger partial charge is 0.456 e. The number of thiazole rings is 1. The second kappa shape index (κ2) is 7.34. The summed E-state index contributed by atoms with van der Waals surface area (Å²) in [5, 5.41) is 2.65. The van der Waals surface area contributed by atoms with Crippen molar-refractivity contribution in [2.45, 2.75) is 6.61 Å². The number of hydrogen-bond acceptors (Lipinski definition) is 6. The van der Waals surface area contributed by atoms with E-state index in [9.17, 15) is 4.79 Å². The van der Waals surface area contributed by atoms with Gasteiger partial charge in [0.05, 0.1) is 11.4 Å². The molecule has 0 unspecified atom stereocenters. The Hall–Kier alpha value is -2.25. The average Bonchev–Trinajstić information content (AvgIpc) is 3.21. The summed E-state index contributed by atoms with van der Waals surface area (Å²) in [5.74, 6) is 0.116. The van der Waals surface area contributed by atoms with Crippen LogP contribution in [0, 0.1) is 0 Å². The summed E-state index contributed by atoms with van der Waals surface area (Å²) < 4.78 is 11.0. The molecular formula is C16H11BrN2O3S. The third-order valence-electron chi connectivity index (χ3n) is 2.78. The van der Waals surface area contributed by atoms with Crippen LogP contribution in [0.15, 0.2) is 57.1 Å². The van der Waals surface area contributed by atoms with E-state index in [0.717, 1.165) is 10.7 Å². The second-order valence-electron chi connectivity index (χ2n) is 4.44. The number of ether oxygens (including phenoxy) is 1. The van der Waals surface area contributed by atoms with Gasteiger partial charge in [0.1, 0.15) is 17.4 Å². The van der Waals surface area contributed by atoms with Crippen LogP contribution in [0.2, 0.25) is 0 Å².